The van der Waals surface area contributed by atoms with Gasteiger partial charge in [-0.3, -0.25) is 4.79 Å². The summed E-state index contributed by atoms with van der Waals surface area (Å²) in [5.41, 5.74) is 3.39. The first-order chi connectivity index (χ1) is 9.66. The molecule has 0 bridgehead atoms. The lowest BCUT2D eigenvalue weighted by Gasteiger charge is -2.04. The van der Waals surface area contributed by atoms with Gasteiger partial charge in [-0.1, -0.05) is 12.1 Å². The first-order valence-corrected chi connectivity index (χ1v) is 7.10. The Balaban J connectivity index is 1.79. The smallest absolute Gasteiger partial charge is 0.254 e. The fourth-order valence-corrected chi connectivity index (χ4v) is 2.81. The molecule has 3 rings (SSSR count). The number of rotatable bonds is 3. The van der Waals surface area contributed by atoms with Crippen LogP contribution in [0, 0.1) is 6.92 Å². The van der Waals surface area contributed by atoms with Crippen molar-refractivity contribution in [3.63, 3.8) is 0 Å². The zero-order chi connectivity index (χ0) is 14.1. The van der Waals surface area contributed by atoms with E-state index in [0.717, 1.165) is 22.6 Å². The highest BCUT2D eigenvalue weighted by atomic mass is 32.1. The van der Waals surface area contributed by atoms with Gasteiger partial charge in [0.05, 0.1) is 28.8 Å². The largest absolute Gasteiger partial charge is 0.345 e. The second-order valence-electron chi connectivity index (χ2n) is 4.57. The van der Waals surface area contributed by atoms with Crippen LogP contribution in [0.3, 0.4) is 0 Å². The second-order valence-corrected chi connectivity index (χ2v) is 5.20. The molecule has 0 fully saturated rings. The van der Waals surface area contributed by atoms with Gasteiger partial charge in [0.2, 0.25) is 0 Å². The average molecular weight is 286 g/mol. The van der Waals surface area contributed by atoms with Gasteiger partial charge in [0.1, 0.15) is 5.82 Å². The van der Waals surface area contributed by atoms with Crippen LogP contribution >= 0.6 is 11.5 Å². The Morgan fingerprint density at radius 1 is 1.40 bits per heavy atom. The van der Waals surface area contributed by atoms with E-state index < -0.39 is 0 Å². The summed E-state index contributed by atoms with van der Waals surface area (Å²) in [7, 11) is 1.95. The van der Waals surface area contributed by atoms with E-state index in [0.29, 0.717) is 12.1 Å². The molecule has 0 atom stereocenters. The molecule has 102 valence electrons. The van der Waals surface area contributed by atoms with E-state index in [2.05, 4.69) is 14.7 Å². The van der Waals surface area contributed by atoms with Gasteiger partial charge < -0.3 is 9.88 Å². The Morgan fingerprint density at radius 2 is 2.20 bits per heavy atom. The predicted octanol–water partition coefficient (Wildman–Crippen LogP) is 2.27. The van der Waals surface area contributed by atoms with Crippen LogP contribution in [-0.4, -0.2) is 19.8 Å². The maximum absolute atomic E-state index is 12.0. The Bertz CT molecular complexity index is 774. The minimum absolute atomic E-state index is 0.108. The summed E-state index contributed by atoms with van der Waals surface area (Å²) in [5.74, 6) is 0.726. The maximum Gasteiger partial charge on any atom is 0.254 e. The van der Waals surface area contributed by atoms with Crippen molar-refractivity contribution >= 4 is 28.5 Å². The number of nitrogens with one attached hydrogen (secondary N) is 1. The zero-order valence-corrected chi connectivity index (χ0v) is 12.1. The molecular formula is C14H14N4OS. The van der Waals surface area contributed by atoms with Gasteiger partial charge in [-0.25, -0.2) is 4.98 Å². The summed E-state index contributed by atoms with van der Waals surface area (Å²) in [5, 5.41) is 4.65. The topological polar surface area (TPSA) is 59.8 Å². The highest BCUT2D eigenvalue weighted by molar-refractivity contribution is 7.03. The maximum atomic E-state index is 12.0. The van der Waals surface area contributed by atoms with E-state index in [1.807, 2.05) is 42.8 Å². The van der Waals surface area contributed by atoms with Gasteiger partial charge in [0.15, 0.2) is 0 Å². The molecule has 0 aliphatic rings. The van der Waals surface area contributed by atoms with Crippen molar-refractivity contribution in [2.75, 3.05) is 0 Å². The molecule has 20 heavy (non-hydrogen) atoms. The lowest BCUT2D eigenvalue weighted by atomic mass is 10.2. The van der Waals surface area contributed by atoms with Crippen LogP contribution in [0.25, 0.3) is 11.0 Å². The minimum Gasteiger partial charge on any atom is -0.345 e. The quantitative estimate of drug-likeness (QED) is 0.803. The van der Waals surface area contributed by atoms with Crippen LogP contribution < -0.4 is 5.32 Å². The van der Waals surface area contributed by atoms with Gasteiger partial charge in [0, 0.05) is 12.4 Å². The number of hydrogen-bond donors (Lipinski definition) is 1. The van der Waals surface area contributed by atoms with Crippen molar-refractivity contribution in [3.05, 3.63) is 46.7 Å². The Morgan fingerprint density at radius 3 is 2.90 bits per heavy atom. The van der Waals surface area contributed by atoms with Crippen LogP contribution in [-0.2, 0) is 13.6 Å². The van der Waals surface area contributed by atoms with Crippen LogP contribution in [0.15, 0.2) is 29.6 Å². The Hall–Kier alpha value is -2.21. The first-order valence-electron chi connectivity index (χ1n) is 6.26. The number of imidazole rings is 1. The van der Waals surface area contributed by atoms with Crippen molar-refractivity contribution in [3.8, 4) is 0 Å². The van der Waals surface area contributed by atoms with Crippen LogP contribution in [0.5, 0.6) is 0 Å². The molecule has 0 unspecified atom stereocenters. The van der Waals surface area contributed by atoms with Crippen molar-refractivity contribution < 1.29 is 4.79 Å². The molecule has 1 amide bonds. The lowest BCUT2D eigenvalue weighted by molar-refractivity contribution is 0.0949. The third-order valence-electron chi connectivity index (χ3n) is 3.28. The molecule has 1 N–H and O–H groups in total. The second kappa shape index (κ2) is 5.05. The summed E-state index contributed by atoms with van der Waals surface area (Å²) in [6.07, 6.45) is 0. The van der Waals surface area contributed by atoms with Crippen LogP contribution in [0.2, 0.25) is 0 Å². The first kappa shape index (κ1) is 12.8. The average Bonchev–Trinajstić information content (AvgIpc) is 3.01. The van der Waals surface area contributed by atoms with Crippen molar-refractivity contribution in [2.24, 2.45) is 7.05 Å². The fourth-order valence-electron chi connectivity index (χ4n) is 2.12. The summed E-state index contributed by atoms with van der Waals surface area (Å²) >= 11 is 1.29. The summed E-state index contributed by atoms with van der Waals surface area (Å²) < 4.78 is 6.10. The molecule has 0 spiro atoms. The highest BCUT2D eigenvalue weighted by Gasteiger charge is 2.12. The number of carbonyl (C=O) groups is 1. The Labute approximate surface area is 120 Å². The fraction of sp³-hybridized carbons (Fsp3) is 0.214. The number of hydrogen-bond acceptors (Lipinski definition) is 4. The summed E-state index contributed by atoms with van der Waals surface area (Å²) in [6, 6.07) is 7.92. The third kappa shape index (κ3) is 2.18. The molecule has 2 heterocycles. The number of benzene rings is 1. The van der Waals surface area contributed by atoms with Crippen molar-refractivity contribution in [1.82, 2.24) is 19.2 Å². The van der Waals surface area contributed by atoms with E-state index in [4.69, 9.17) is 0 Å². The number of nitrogens with zero attached hydrogens (tertiary/aromatic N) is 3. The van der Waals surface area contributed by atoms with Gasteiger partial charge >= 0.3 is 0 Å². The molecule has 5 nitrogen and oxygen atoms in total. The van der Waals surface area contributed by atoms with Crippen LogP contribution in [0.4, 0.5) is 0 Å². The number of aromatic nitrogens is 3. The monoisotopic (exact) mass is 286 g/mol. The number of carbonyl (C=O) groups excluding carboxylic acids is 1. The van der Waals surface area contributed by atoms with E-state index in [1.165, 1.54) is 11.5 Å². The Kier molecular flexibility index (Phi) is 3.23. The van der Waals surface area contributed by atoms with E-state index in [9.17, 15) is 4.79 Å². The van der Waals surface area contributed by atoms with Crippen LogP contribution in [0.1, 0.15) is 21.9 Å². The minimum atomic E-state index is -0.108. The standard InChI is InChI=1S/C14H14N4OS/c1-9-10(8-20-17-9)14(19)15-7-13-16-11-5-3-4-6-12(11)18(13)2/h3-6,8H,7H2,1-2H3,(H,15,19). The zero-order valence-electron chi connectivity index (χ0n) is 11.3. The van der Waals surface area contributed by atoms with Gasteiger partial charge in [-0.2, -0.15) is 4.37 Å². The third-order valence-corrected chi connectivity index (χ3v) is 4.00. The molecule has 0 aliphatic heterocycles. The molecular weight excluding hydrogens is 272 g/mol. The number of fused-ring (bicyclic) bond motifs is 1. The molecule has 6 heteroatoms. The summed E-state index contributed by atoms with van der Waals surface area (Å²) in [4.78, 5) is 16.6. The molecule has 1 aromatic carbocycles. The molecule has 0 saturated carbocycles. The lowest BCUT2D eigenvalue weighted by Crippen LogP contribution is -2.24. The number of aryl methyl sites for hydroxylation is 2. The highest BCUT2D eigenvalue weighted by Crippen LogP contribution is 2.14. The molecule has 2 aromatic heterocycles. The van der Waals surface area contributed by atoms with Gasteiger partial charge in [-0.05, 0) is 30.6 Å². The van der Waals surface area contributed by atoms with Crippen molar-refractivity contribution in [1.29, 1.82) is 0 Å². The predicted molar refractivity (Wildman–Crippen MR) is 78.7 cm³/mol. The molecule has 3 aromatic rings. The van der Waals surface area contributed by atoms with Gasteiger partial charge in [-0.15, -0.1) is 0 Å². The van der Waals surface area contributed by atoms with Crippen molar-refractivity contribution in [2.45, 2.75) is 13.5 Å². The van der Waals surface area contributed by atoms with E-state index in [1.54, 1.807) is 5.38 Å². The molecule has 0 aliphatic carbocycles. The number of para-hydroxylation sites is 2. The SMILES string of the molecule is Cc1nscc1C(=O)NCc1nc2ccccc2n1C. The normalized spacial score (nSPS) is 10.9. The molecule has 0 radical (unpaired) electrons. The van der Waals surface area contributed by atoms with E-state index >= 15 is 0 Å². The number of amides is 1. The van der Waals surface area contributed by atoms with E-state index in [-0.39, 0.29) is 5.91 Å². The van der Waals surface area contributed by atoms with Gasteiger partial charge in [0.25, 0.3) is 5.91 Å². The summed E-state index contributed by atoms with van der Waals surface area (Å²) in [6.45, 7) is 2.24. The molecule has 0 saturated heterocycles.